The van der Waals surface area contributed by atoms with E-state index < -0.39 is 0 Å². The molecule has 0 aromatic carbocycles. The van der Waals surface area contributed by atoms with Crippen LogP contribution in [0.4, 0.5) is 5.00 Å². The number of ether oxygens (including phenoxy) is 1. The number of rotatable bonds is 3. The second-order valence-corrected chi connectivity index (χ2v) is 4.45. The highest BCUT2D eigenvalue weighted by molar-refractivity contribution is 7.15. The average Bonchev–Trinajstić information content (AvgIpc) is 2.71. The first-order valence-corrected chi connectivity index (χ1v) is 5.89. The van der Waals surface area contributed by atoms with E-state index in [-0.39, 0.29) is 5.78 Å². The van der Waals surface area contributed by atoms with Gasteiger partial charge in [-0.2, -0.15) is 0 Å². The van der Waals surface area contributed by atoms with Crippen LogP contribution >= 0.6 is 11.3 Å². The fourth-order valence-corrected chi connectivity index (χ4v) is 2.48. The molecule has 2 heterocycles. The number of pyridine rings is 1. The molecule has 0 fully saturated rings. The summed E-state index contributed by atoms with van der Waals surface area (Å²) in [6, 6.07) is 3.62. The molecule has 0 amide bonds. The van der Waals surface area contributed by atoms with E-state index >= 15 is 0 Å². The summed E-state index contributed by atoms with van der Waals surface area (Å²) in [5.74, 6) is 0.510. The van der Waals surface area contributed by atoms with Crippen LogP contribution in [-0.2, 0) is 0 Å². The van der Waals surface area contributed by atoms with Crippen molar-refractivity contribution >= 4 is 22.1 Å². The quantitative estimate of drug-likeness (QED) is 0.848. The van der Waals surface area contributed by atoms with Crippen LogP contribution in [0.3, 0.4) is 0 Å². The molecule has 17 heavy (non-hydrogen) atoms. The Labute approximate surface area is 103 Å². The molecule has 2 rings (SSSR count). The summed E-state index contributed by atoms with van der Waals surface area (Å²) in [5.41, 5.74) is 8.05. The lowest BCUT2D eigenvalue weighted by Crippen LogP contribution is -1.97. The number of carbonyl (C=O) groups excluding carboxylic acids is 1. The third kappa shape index (κ3) is 2.14. The maximum absolute atomic E-state index is 11.5. The molecule has 2 aromatic heterocycles. The normalized spacial score (nSPS) is 10.2. The van der Waals surface area contributed by atoms with Crippen molar-refractivity contribution in [2.75, 3.05) is 12.8 Å². The number of ketones is 1. The molecule has 2 aromatic rings. The molecular weight excluding hydrogens is 236 g/mol. The van der Waals surface area contributed by atoms with Crippen LogP contribution in [0.15, 0.2) is 23.7 Å². The number of methoxy groups -OCH3 is 1. The highest BCUT2D eigenvalue weighted by atomic mass is 32.1. The van der Waals surface area contributed by atoms with Crippen molar-refractivity contribution in [1.29, 1.82) is 0 Å². The standard InChI is InChI=1S/C12H12N2O2S/c1-7(15)11-9(6-17-12(11)13)8-3-4-10(16-2)14-5-8/h3-6H,13H2,1-2H3. The molecule has 88 valence electrons. The zero-order chi connectivity index (χ0) is 12.4. The minimum Gasteiger partial charge on any atom is -0.481 e. The summed E-state index contributed by atoms with van der Waals surface area (Å²) in [4.78, 5) is 15.6. The van der Waals surface area contributed by atoms with Gasteiger partial charge in [-0.3, -0.25) is 4.79 Å². The van der Waals surface area contributed by atoms with Crippen LogP contribution in [0.1, 0.15) is 17.3 Å². The van der Waals surface area contributed by atoms with E-state index in [1.54, 1.807) is 19.4 Å². The van der Waals surface area contributed by atoms with E-state index in [2.05, 4.69) is 4.98 Å². The highest BCUT2D eigenvalue weighted by Crippen LogP contribution is 2.33. The third-order valence-corrected chi connectivity index (χ3v) is 3.24. The third-order valence-electron chi connectivity index (χ3n) is 2.43. The number of hydrogen-bond acceptors (Lipinski definition) is 5. The monoisotopic (exact) mass is 248 g/mol. The van der Waals surface area contributed by atoms with Crippen LogP contribution in [0.5, 0.6) is 5.88 Å². The van der Waals surface area contributed by atoms with Crippen molar-refractivity contribution in [2.24, 2.45) is 0 Å². The van der Waals surface area contributed by atoms with Crippen molar-refractivity contribution in [2.45, 2.75) is 6.92 Å². The molecule has 0 aliphatic carbocycles. The van der Waals surface area contributed by atoms with E-state index in [0.29, 0.717) is 16.4 Å². The lowest BCUT2D eigenvalue weighted by molar-refractivity contribution is 0.101. The van der Waals surface area contributed by atoms with E-state index in [0.717, 1.165) is 11.1 Å². The molecule has 0 saturated heterocycles. The van der Waals surface area contributed by atoms with E-state index in [9.17, 15) is 4.79 Å². The Kier molecular flexibility index (Phi) is 3.10. The Bertz CT molecular complexity index is 546. The van der Waals surface area contributed by atoms with Crippen molar-refractivity contribution in [3.63, 3.8) is 0 Å². The minimum absolute atomic E-state index is 0.0328. The summed E-state index contributed by atoms with van der Waals surface area (Å²) in [7, 11) is 1.56. The van der Waals surface area contributed by atoms with Gasteiger partial charge in [-0.25, -0.2) is 4.98 Å². The average molecular weight is 248 g/mol. The molecule has 0 radical (unpaired) electrons. The van der Waals surface area contributed by atoms with Gasteiger partial charge in [-0.15, -0.1) is 11.3 Å². The van der Waals surface area contributed by atoms with Gasteiger partial charge in [-0.05, 0) is 13.0 Å². The van der Waals surface area contributed by atoms with Crippen LogP contribution in [0, 0.1) is 0 Å². The molecule has 5 heteroatoms. The number of carbonyl (C=O) groups is 1. The Morgan fingerprint density at radius 2 is 2.24 bits per heavy atom. The molecule has 0 aliphatic rings. The maximum atomic E-state index is 11.5. The molecule has 0 spiro atoms. The Balaban J connectivity index is 2.49. The number of Topliss-reactive ketones (excluding diaryl/α,β-unsaturated/α-hetero) is 1. The molecule has 0 unspecified atom stereocenters. The smallest absolute Gasteiger partial charge is 0.212 e. The largest absolute Gasteiger partial charge is 0.481 e. The van der Waals surface area contributed by atoms with Crippen molar-refractivity contribution in [3.05, 3.63) is 29.3 Å². The zero-order valence-corrected chi connectivity index (χ0v) is 10.4. The van der Waals surface area contributed by atoms with Crippen LogP contribution in [0.2, 0.25) is 0 Å². The molecule has 0 atom stereocenters. The van der Waals surface area contributed by atoms with Gasteiger partial charge in [0.05, 0.1) is 17.7 Å². The van der Waals surface area contributed by atoms with Gasteiger partial charge in [-0.1, -0.05) is 0 Å². The first-order chi connectivity index (χ1) is 8.13. The van der Waals surface area contributed by atoms with Gasteiger partial charge in [0, 0.05) is 28.8 Å². The predicted molar refractivity (Wildman–Crippen MR) is 68.5 cm³/mol. The van der Waals surface area contributed by atoms with Crippen molar-refractivity contribution in [1.82, 2.24) is 4.98 Å². The zero-order valence-electron chi connectivity index (χ0n) is 9.56. The number of anilines is 1. The number of nitrogens with two attached hydrogens (primary N) is 1. The number of aromatic nitrogens is 1. The van der Waals surface area contributed by atoms with Crippen LogP contribution in [-0.4, -0.2) is 17.9 Å². The SMILES string of the molecule is COc1ccc(-c2csc(N)c2C(C)=O)cn1. The molecule has 0 bridgehead atoms. The lowest BCUT2D eigenvalue weighted by Gasteiger charge is -2.03. The Hall–Kier alpha value is -1.88. The number of nitrogen functional groups attached to an aromatic ring is 1. The minimum atomic E-state index is -0.0328. The maximum Gasteiger partial charge on any atom is 0.212 e. The summed E-state index contributed by atoms with van der Waals surface area (Å²) < 4.78 is 4.99. The number of nitrogens with zero attached hydrogens (tertiary/aromatic N) is 1. The van der Waals surface area contributed by atoms with E-state index in [1.807, 2.05) is 11.4 Å². The van der Waals surface area contributed by atoms with E-state index in [4.69, 9.17) is 10.5 Å². The van der Waals surface area contributed by atoms with Crippen LogP contribution in [0.25, 0.3) is 11.1 Å². The second kappa shape index (κ2) is 4.55. The Morgan fingerprint density at radius 1 is 1.47 bits per heavy atom. The Morgan fingerprint density at radius 3 is 2.76 bits per heavy atom. The first kappa shape index (κ1) is 11.6. The van der Waals surface area contributed by atoms with Gasteiger partial charge in [0.15, 0.2) is 5.78 Å². The topological polar surface area (TPSA) is 65.2 Å². The highest BCUT2D eigenvalue weighted by Gasteiger charge is 2.15. The molecule has 4 nitrogen and oxygen atoms in total. The summed E-state index contributed by atoms with van der Waals surface area (Å²) in [5, 5.41) is 2.42. The van der Waals surface area contributed by atoms with Gasteiger partial charge in [0.25, 0.3) is 0 Å². The van der Waals surface area contributed by atoms with E-state index in [1.165, 1.54) is 18.3 Å². The summed E-state index contributed by atoms with van der Waals surface area (Å²) >= 11 is 1.36. The summed E-state index contributed by atoms with van der Waals surface area (Å²) in [6.45, 7) is 1.51. The molecular formula is C12H12N2O2S. The molecule has 0 saturated carbocycles. The number of thiophene rings is 1. The second-order valence-electron chi connectivity index (χ2n) is 3.53. The summed E-state index contributed by atoms with van der Waals surface area (Å²) in [6.07, 6.45) is 1.67. The fraction of sp³-hybridized carbons (Fsp3) is 0.167. The first-order valence-electron chi connectivity index (χ1n) is 5.01. The number of hydrogen-bond donors (Lipinski definition) is 1. The van der Waals surface area contributed by atoms with Gasteiger partial charge in [0.2, 0.25) is 5.88 Å². The van der Waals surface area contributed by atoms with Gasteiger partial charge >= 0.3 is 0 Å². The predicted octanol–water partition coefficient (Wildman–Crippen LogP) is 2.60. The van der Waals surface area contributed by atoms with Gasteiger partial charge < -0.3 is 10.5 Å². The van der Waals surface area contributed by atoms with Gasteiger partial charge in [0.1, 0.15) is 0 Å². The lowest BCUT2D eigenvalue weighted by atomic mass is 10.0. The van der Waals surface area contributed by atoms with Crippen molar-refractivity contribution in [3.8, 4) is 17.0 Å². The molecule has 2 N–H and O–H groups in total. The van der Waals surface area contributed by atoms with Crippen LogP contribution < -0.4 is 10.5 Å². The van der Waals surface area contributed by atoms with Crippen molar-refractivity contribution < 1.29 is 9.53 Å². The fourth-order valence-electron chi connectivity index (χ4n) is 1.61. The molecule has 0 aliphatic heterocycles.